The molecule has 190 valence electrons. The molecule has 3 nitrogen and oxygen atoms in total. The van der Waals surface area contributed by atoms with E-state index in [2.05, 4.69) is 93.9 Å². The number of piperidine rings is 1. The van der Waals surface area contributed by atoms with Crippen molar-refractivity contribution < 1.29 is 9.42 Å². The van der Waals surface area contributed by atoms with Crippen LogP contribution in [0, 0.1) is 27.6 Å². The van der Waals surface area contributed by atoms with E-state index in [1.165, 1.54) is 12.1 Å². The molecule has 0 aliphatic carbocycles. The molecular formula is C28H56NO2P. The smallest absolute Gasteiger partial charge is 0.115 e. The van der Waals surface area contributed by atoms with Gasteiger partial charge < -0.3 is 14.3 Å². The third kappa shape index (κ3) is 9.55. The predicted molar refractivity (Wildman–Crippen MR) is 145 cm³/mol. The molecule has 1 aliphatic heterocycles. The van der Waals surface area contributed by atoms with Crippen molar-refractivity contribution in [1.82, 2.24) is 4.90 Å². The molecular weight excluding hydrogens is 413 g/mol. The highest BCUT2D eigenvalue weighted by Gasteiger charge is 2.37. The van der Waals surface area contributed by atoms with Crippen molar-refractivity contribution in [1.29, 1.82) is 0 Å². The van der Waals surface area contributed by atoms with Crippen LogP contribution in [0.1, 0.15) is 108 Å². The average Bonchev–Trinajstić information content (AvgIpc) is 2.56. The number of allylic oxidation sites excluding steroid dienone is 1. The summed E-state index contributed by atoms with van der Waals surface area (Å²) < 4.78 is 6.27. The molecule has 4 heteroatoms. The van der Waals surface area contributed by atoms with Crippen LogP contribution in [0.2, 0.25) is 0 Å². The van der Waals surface area contributed by atoms with Gasteiger partial charge in [-0.15, -0.1) is 0 Å². The molecule has 1 aliphatic rings. The normalized spacial score (nSPS) is 20.2. The molecule has 32 heavy (non-hydrogen) atoms. The van der Waals surface area contributed by atoms with Gasteiger partial charge >= 0.3 is 0 Å². The van der Waals surface area contributed by atoms with E-state index >= 15 is 0 Å². The van der Waals surface area contributed by atoms with Gasteiger partial charge in [-0.1, -0.05) is 95.5 Å². The minimum atomic E-state index is -2.63. The Balaban J connectivity index is 2.67. The number of rotatable bonds is 11. The van der Waals surface area contributed by atoms with Crippen LogP contribution in [0.15, 0.2) is 12.3 Å². The van der Waals surface area contributed by atoms with Gasteiger partial charge in [-0.2, -0.15) is 0 Å². The maximum absolute atomic E-state index is 11.1. The van der Waals surface area contributed by atoms with Crippen LogP contribution >= 0.6 is 7.34 Å². The number of likely N-dealkylation sites (tertiary alicyclic amines) is 1. The van der Waals surface area contributed by atoms with Gasteiger partial charge in [-0.3, -0.25) is 0 Å². The molecule has 0 radical (unpaired) electrons. The van der Waals surface area contributed by atoms with E-state index in [-0.39, 0.29) is 27.8 Å². The van der Waals surface area contributed by atoms with Crippen molar-refractivity contribution in [3.63, 3.8) is 0 Å². The third-order valence-corrected chi connectivity index (χ3v) is 9.52. The second-order valence-electron chi connectivity index (χ2n) is 14.0. The van der Waals surface area contributed by atoms with Gasteiger partial charge in [-0.05, 0) is 47.8 Å². The Morgan fingerprint density at radius 1 is 1.03 bits per heavy atom. The summed E-state index contributed by atoms with van der Waals surface area (Å²) in [6.07, 6.45) is 10.2. The quantitative estimate of drug-likeness (QED) is 0.309. The van der Waals surface area contributed by atoms with Gasteiger partial charge in [0.2, 0.25) is 0 Å². The van der Waals surface area contributed by atoms with E-state index in [1.54, 1.807) is 0 Å². The Morgan fingerprint density at radius 3 is 1.97 bits per heavy atom. The number of hydrogen-bond donors (Lipinski definition) is 1. The Labute approximate surface area is 201 Å². The fourth-order valence-electron chi connectivity index (χ4n) is 6.10. The second-order valence-corrected chi connectivity index (χ2v) is 16.2. The molecule has 0 aromatic carbocycles. The number of hydrogen-bond acceptors (Lipinski definition) is 3. The highest BCUT2D eigenvalue weighted by atomic mass is 31.2. The molecule has 2 unspecified atom stereocenters. The molecule has 1 N–H and O–H groups in total. The second kappa shape index (κ2) is 10.6. The molecule has 1 heterocycles. The summed E-state index contributed by atoms with van der Waals surface area (Å²) in [5.41, 5.74) is 1.85. The van der Waals surface area contributed by atoms with E-state index in [0.717, 1.165) is 38.8 Å². The largest absolute Gasteiger partial charge is 0.375 e. The summed E-state index contributed by atoms with van der Waals surface area (Å²) in [6, 6.07) is 0. The van der Waals surface area contributed by atoms with Crippen LogP contribution in [0.5, 0.6) is 0 Å². The molecule has 1 saturated heterocycles. The summed E-state index contributed by atoms with van der Waals surface area (Å²) >= 11 is 0. The number of nitrogens with zero attached hydrogens (tertiary/aromatic N) is 1. The van der Waals surface area contributed by atoms with Gasteiger partial charge in [0.05, 0.1) is 6.10 Å². The van der Waals surface area contributed by atoms with Gasteiger partial charge in [0.15, 0.2) is 0 Å². The fourth-order valence-corrected chi connectivity index (χ4v) is 8.39. The summed E-state index contributed by atoms with van der Waals surface area (Å²) in [5.74, 6) is 0.690. The van der Waals surface area contributed by atoms with E-state index in [4.69, 9.17) is 4.52 Å². The fraction of sp³-hybridized carbons (Fsp3) is 0.893. The van der Waals surface area contributed by atoms with E-state index in [9.17, 15) is 4.89 Å². The van der Waals surface area contributed by atoms with Gasteiger partial charge in [0, 0.05) is 30.4 Å². The average molecular weight is 470 g/mol. The Morgan fingerprint density at radius 2 is 1.53 bits per heavy atom. The minimum absolute atomic E-state index is 0.0178. The first-order valence-corrected chi connectivity index (χ1v) is 14.8. The summed E-state index contributed by atoms with van der Waals surface area (Å²) in [6.45, 7) is 31.8. The molecule has 0 aromatic rings. The molecule has 0 aromatic heterocycles. The van der Waals surface area contributed by atoms with E-state index in [1.807, 2.05) is 0 Å². The Kier molecular flexibility index (Phi) is 9.84. The van der Waals surface area contributed by atoms with E-state index < -0.39 is 7.34 Å². The molecule has 0 bridgehead atoms. The molecule has 0 saturated carbocycles. The third-order valence-electron chi connectivity index (χ3n) is 7.48. The Bertz CT molecular complexity index is 663. The SMILES string of the molecule is C=C(N1CCC(OP(=C)(O)CC(C)(C)CC(C)(C)C)CC1)C(C)(C)CC(C)(C)C(C)CC. The maximum atomic E-state index is 11.1. The first-order chi connectivity index (χ1) is 14.2. The summed E-state index contributed by atoms with van der Waals surface area (Å²) in [7, 11) is -2.63. The van der Waals surface area contributed by atoms with Gasteiger partial charge in [0.1, 0.15) is 7.34 Å². The van der Waals surface area contributed by atoms with Gasteiger partial charge in [-0.25, -0.2) is 0 Å². The molecule has 1 rings (SSSR count). The van der Waals surface area contributed by atoms with Crippen LogP contribution in [0.4, 0.5) is 0 Å². The zero-order valence-electron chi connectivity index (χ0n) is 23.5. The Hall–Kier alpha value is -0.240. The zero-order valence-corrected chi connectivity index (χ0v) is 24.4. The van der Waals surface area contributed by atoms with Crippen molar-refractivity contribution in [2.24, 2.45) is 27.6 Å². The molecule has 2 atom stereocenters. The zero-order chi connectivity index (χ0) is 25.2. The first kappa shape index (κ1) is 29.8. The van der Waals surface area contributed by atoms with Crippen LogP contribution in [-0.4, -0.2) is 41.4 Å². The first-order valence-electron chi connectivity index (χ1n) is 12.8. The van der Waals surface area contributed by atoms with Crippen molar-refractivity contribution in [3.05, 3.63) is 12.3 Å². The highest BCUT2D eigenvalue weighted by Crippen LogP contribution is 2.52. The summed E-state index contributed by atoms with van der Waals surface area (Å²) in [4.78, 5) is 13.5. The lowest BCUT2D eigenvalue weighted by Crippen LogP contribution is -2.41. The lowest BCUT2D eigenvalue weighted by atomic mass is 9.67. The topological polar surface area (TPSA) is 32.7 Å². The van der Waals surface area contributed by atoms with Crippen LogP contribution < -0.4 is 0 Å². The van der Waals surface area contributed by atoms with Crippen molar-refractivity contribution in [2.45, 2.75) is 114 Å². The standard InChI is InChI=1S/C28H56NO2P/c1-14-22(2)27(9,10)20-28(11,12)23(3)29-17-15-24(16-18-29)31-32(13,30)21-26(7,8)19-25(4,5)6/h22,24,30H,3,13-21H2,1-2,4-12H3. The lowest BCUT2D eigenvalue weighted by molar-refractivity contribution is 0.0841. The highest BCUT2D eigenvalue weighted by molar-refractivity contribution is 7.63. The van der Waals surface area contributed by atoms with Crippen molar-refractivity contribution in [2.75, 3.05) is 19.3 Å². The molecule has 0 amide bonds. The lowest BCUT2D eigenvalue weighted by Gasteiger charge is -2.45. The minimum Gasteiger partial charge on any atom is -0.375 e. The molecule has 0 spiro atoms. The van der Waals surface area contributed by atoms with Crippen LogP contribution in [0.3, 0.4) is 0 Å². The summed E-state index contributed by atoms with van der Waals surface area (Å²) in [5, 5.41) is 0. The van der Waals surface area contributed by atoms with Crippen molar-refractivity contribution >= 4 is 13.6 Å². The van der Waals surface area contributed by atoms with Gasteiger partial charge in [0.25, 0.3) is 0 Å². The van der Waals surface area contributed by atoms with Crippen LogP contribution in [-0.2, 0) is 4.52 Å². The van der Waals surface area contributed by atoms with Crippen molar-refractivity contribution in [3.8, 4) is 0 Å². The predicted octanol–water partition coefficient (Wildman–Crippen LogP) is 8.20. The maximum Gasteiger partial charge on any atom is 0.115 e. The monoisotopic (exact) mass is 469 g/mol. The van der Waals surface area contributed by atoms with E-state index in [0.29, 0.717) is 12.1 Å². The van der Waals surface area contributed by atoms with Crippen LogP contribution in [0.25, 0.3) is 0 Å². The molecule has 1 fully saturated rings.